The summed E-state index contributed by atoms with van der Waals surface area (Å²) >= 11 is 0. The number of halogens is 1. The Morgan fingerprint density at radius 2 is 1.95 bits per heavy atom. The number of carbonyl (C=O) groups is 1. The van der Waals surface area contributed by atoms with Crippen LogP contribution >= 0.6 is 0 Å². The minimum Gasteiger partial charge on any atom is -0.347 e. The molecule has 0 spiro atoms. The van der Waals surface area contributed by atoms with Gasteiger partial charge in [0.15, 0.2) is 0 Å². The van der Waals surface area contributed by atoms with Crippen LogP contribution in [0, 0.1) is 19.7 Å². The largest absolute Gasteiger partial charge is 0.347 e. The number of hydrogen-bond acceptors (Lipinski definition) is 3. The lowest BCUT2D eigenvalue weighted by atomic mass is 10.1. The van der Waals surface area contributed by atoms with Crippen LogP contribution in [0.2, 0.25) is 0 Å². The van der Waals surface area contributed by atoms with Crippen LogP contribution in [0.5, 0.6) is 0 Å². The molecule has 20 heavy (non-hydrogen) atoms. The summed E-state index contributed by atoms with van der Waals surface area (Å²) in [5.41, 5.74) is 1.64. The van der Waals surface area contributed by atoms with E-state index < -0.39 is 5.91 Å². The highest BCUT2D eigenvalue weighted by molar-refractivity contribution is 5.91. The van der Waals surface area contributed by atoms with Crippen LogP contribution in [0.25, 0.3) is 0 Å². The molecule has 0 fully saturated rings. The number of aromatic amines is 1. The number of carbonyl (C=O) groups excluding carboxylic acids is 1. The Morgan fingerprint density at radius 1 is 1.30 bits per heavy atom. The molecule has 0 bridgehead atoms. The molecule has 6 heteroatoms. The number of rotatable bonds is 3. The van der Waals surface area contributed by atoms with Gasteiger partial charge in [0, 0.05) is 12.6 Å². The topological polar surface area (TPSA) is 74.8 Å². The summed E-state index contributed by atoms with van der Waals surface area (Å²) in [6.45, 7) is 3.62. The Kier molecular flexibility index (Phi) is 3.93. The van der Waals surface area contributed by atoms with Gasteiger partial charge in [0.25, 0.3) is 11.5 Å². The number of aryl methyl sites for hydroxylation is 2. The first-order chi connectivity index (χ1) is 9.47. The molecule has 1 amide bonds. The van der Waals surface area contributed by atoms with Gasteiger partial charge in [-0.2, -0.15) is 5.10 Å². The summed E-state index contributed by atoms with van der Waals surface area (Å²) < 4.78 is 13.5. The zero-order valence-corrected chi connectivity index (χ0v) is 11.2. The number of amides is 1. The number of nitrogens with one attached hydrogen (secondary N) is 2. The van der Waals surface area contributed by atoms with Crippen LogP contribution in [0.3, 0.4) is 0 Å². The summed E-state index contributed by atoms with van der Waals surface area (Å²) in [5.74, 6) is -0.636. The fourth-order valence-electron chi connectivity index (χ4n) is 1.88. The number of nitrogens with zero attached hydrogens (tertiary/aromatic N) is 1. The van der Waals surface area contributed by atoms with Crippen molar-refractivity contribution in [2.75, 3.05) is 0 Å². The second-order valence-electron chi connectivity index (χ2n) is 4.53. The molecular formula is C14H14FN3O2. The van der Waals surface area contributed by atoms with Crippen LogP contribution in [0.4, 0.5) is 4.39 Å². The summed E-state index contributed by atoms with van der Waals surface area (Å²) in [4.78, 5) is 22.6. The average Bonchev–Trinajstić information content (AvgIpc) is 2.42. The van der Waals surface area contributed by atoms with E-state index in [0.717, 1.165) is 5.56 Å². The quantitative estimate of drug-likeness (QED) is 0.890. The van der Waals surface area contributed by atoms with Gasteiger partial charge in [0.2, 0.25) is 0 Å². The highest BCUT2D eigenvalue weighted by Gasteiger charge is 2.08. The van der Waals surface area contributed by atoms with Crippen molar-refractivity contribution < 1.29 is 9.18 Å². The van der Waals surface area contributed by atoms with Gasteiger partial charge in [0.05, 0.1) is 0 Å². The molecular weight excluding hydrogens is 261 g/mol. The van der Waals surface area contributed by atoms with Crippen molar-refractivity contribution in [1.82, 2.24) is 15.5 Å². The Bertz CT molecular complexity index is 666. The highest BCUT2D eigenvalue weighted by atomic mass is 19.1. The molecule has 104 valence electrons. The molecule has 0 saturated carbocycles. The molecule has 0 atom stereocenters. The van der Waals surface area contributed by atoms with Crippen molar-refractivity contribution in [3.63, 3.8) is 0 Å². The van der Waals surface area contributed by atoms with Crippen LogP contribution in [-0.2, 0) is 6.54 Å². The third-order valence-electron chi connectivity index (χ3n) is 2.86. The van der Waals surface area contributed by atoms with Gasteiger partial charge in [-0.1, -0.05) is 12.1 Å². The maximum Gasteiger partial charge on any atom is 0.271 e. The van der Waals surface area contributed by atoms with Gasteiger partial charge in [-0.3, -0.25) is 9.59 Å². The minimum absolute atomic E-state index is 0.125. The average molecular weight is 275 g/mol. The second kappa shape index (κ2) is 5.64. The molecule has 1 aromatic carbocycles. The first-order valence-electron chi connectivity index (χ1n) is 6.07. The van der Waals surface area contributed by atoms with E-state index in [2.05, 4.69) is 15.5 Å². The maximum absolute atomic E-state index is 13.5. The molecule has 1 heterocycles. The minimum atomic E-state index is -0.402. The molecule has 5 nitrogen and oxygen atoms in total. The van der Waals surface area contributed by atoms with Gasteiger partial charge in [0.1, 0.15) is 11.5 Å². The number of benzene rings is 1. The van der Waals surface area contributed by atoms with Gasteiger partial charge in [-0.25, -0.2) is 9.49 Å². The van der Waals surface area contributed by atoms with E-state index >= 15 is 0 Å². The van der Waals surface area contributed by atoms with Crippen molar-refractivity contribution in [3.8, 4) is 0 Å². The standard InChI is InChI=1S/C14H14FN3O2/c1-8-5-10(6-9(2)13(8)15)7-16-14(20)11-3-4-12(19)18-17-11/h3-6H,7H2,1-2H3,(H,16,20)(H,18,19). The summed E-state index contributed by atoms with van der Waals surface area (Å²) in [5, 5.41) is 8.48. The molecule has 0 unspecified atom stereocenters. The molecule has 2 rings (SSSR count). The van der Waals surface area contributed by atoms with Gasteiger partial charge >= 0.3 is 0 Å². The van der Waals surface area contributed by atoms with E-state index in [0.29, 0.717) is 11.1 Å². The van der Waals surface area contributed by atoms with Crippen LogP contribution < -0.4 is 10.9 Å². The molecule has 0 aliphatic carbocycles. The summed E-state index contributed by atoms with van der Waals surface area (Å²) in [7, 11) is 0. The lowest BCUT2D eigenvalue weighted by molar-refractivity contribution is 0.0944. The fourth-order valence-corrected chi connectivity index (χ4v) is 1.88. The van der Waals surface area contributed by atoms with Crippen molar-refractivity contribution in [2.45, 2.75) is 20.4 Å². The third-order valence-corrected chi connectivity index (χ3v) is 2.86. The predicted molar refractivity (Wildman–Crippen MR) is 71.9 cm³/mol. The molecule has 1 aromatic heterocycles. The van der Waals surface area contributed by atoms with E-state index in [1.807, 2.05) is 0 Å². The van der Waals surface area contributed by atoms with Crippen molar-refractivity contribution in [1.29, 1.82) is 0 Å². The molecule has 2 aromatic rings. The third kappa shape index (κ3) is 3.09. The smallest absolute Gasteiger partial charge is 0.271 e. The van der Waals surface area contributed by atoms with Gasteiger partial charge < -0.3 is 5.32 Å². The van der Waals surface area contributed by atoms with E-state index in [4.69, 9.17) is 0 Å². The van der Waals surface area contributed by atoms with Crippen LogP contribution in [0.15, 0.2) is 29.1 Å². The van der Waals surface area contributed by atoms with Crippen molar-refractivity contribution >= 4 is 5.91 Å². The Balaban J connectivity index is 2.07. The first-order valence-corrected chi connectivity index (χ1v) is 6.07. The van der Waals surface area contributed by atoms with Crippen LogP contribution in [0.1, 0.15) is 27.2 Å². The second-order valence-corrected chi connectivity index (χ2v) is 4.53. The van der Waals surface area contributed by atoms with E-state index in [1.165, 1.54) is 12.1 Å². The highest BCUT2D eigenvalue weighted by Crippen LogP contribution is 2.14. The van der Waals surface area contributed by atoms with E-state index in [-0.39, 0.29) is 23.6 Å². The SMILES string of the molecule is Cc1cc(CNC(=O)c2ccc(=O)[nH]n2)cc(C)c1F. The molecule has 2 N–H and O–H groups in total. The number of aromatic nitrogens is 2. The van der Waals surface area contributed by atoms with Crippen molar-refractivity contribution in [2.24, 2.45) is 0 Å². The Morgan fingerprint density at radius 3 is 2.50 bits per heavy atom. The summed E-state index contributed by atoms with van der Waals surface area (Å²) in [6, 6.07) is 5.94. The molecule has 0 aliphatic heterocycles. The van der Waals surface area contributed by atoms with E-state index in [1.54, 1.807) is 26.0 Å². The fraction of sp³-hybridized carbons (Fsp3) is 0.214. The predicted octanol–water partition coefficient (Wildman–Crippen LogP) is 1.46. The summed E-state index contributed by atoms with van der Waals surface area (Å²) in [6.07, 6.45) is 0. The Labute approximate surface area is 114 Å². The molecule has 0 radical (unpaired) electrons. The number of H-pyrrole nitrogens is 1. The molecule has 0 saturated heterocycles. The van der Waals surface area contributed by atoms with E-state index in [9.17, 15) is 14.0 Å². The molecule has 0 aliphatic rings. The lowest BCUT2D eigenvalue weighted by Crippen LogP contribution is -2.25. The zero-order chi connectivity index (χ0) is 14.7. The van der Waals surface area contributed by atoms with Gasteiger partial charge in [-0.15, -0.1) is 0 Å². The van der Waals surface area contributed by atoms with Crippen LogP contribution in [-0.4, -0.2) is 16.1 Å². The zero-order valence-electron chi connectivity index (χ0n) is 11.2. The normalized spacial score (nSPS) is 10.3. The van der Waals surface area contributed by atoms with Gasteiger partial charge in [-0.05, 0) is 36.6 Å². The Hall–Kier alpha value is -2.50. The van der Waals surface area contributed by atoms with Crippen molar-refractivity contribution in [3.05, 3.63) is 62.8 Å². The first kappa shape index (κ1) is 13.9. The monoisotopic (exact) mass is 275 g/mol. The lowest BCUT2D eigenvalue weighted by Gasteiger charge is -2.08. The number of hydrogen-bond donors (Lipinski definition) is 2. The maximum atomic E-state index is 13.5.